The number of piperidine rings is 1. The third-order valence-corrected chi connectivity index (χ3v) is 6.85. The SMILES string of the molecule is CC(=O)c1cccc(O[C@H](CN2CCC(c3cccc(NC(=O)C(C)C)c3)CC2)c2ccccc2)c1. The number of ether oxygens (including phenoxy) is 1. The van der Waals surface area contributed by atoms with Gasteiger partial charge in [-0.3, -0.25) is 14.5 Å². The van der Waals surface area contributed by atoms with E-state index in [0.717, 1.165) is 43.7 Å². The molecule has 188 valence electrons. The van der Waals surface area contributed by atoms with E-state index in [-0.39, 0.29) is 23.7 Å². The summed E-state index contributed by atoms with van der Waals surface area (Å²) in [7, 11) is 0. The van der Waals surface area contributed by atoms with Crippen molar-refractivity contribution in [2.45, 2.75) is 45.6 Å². The van der Waals surface area contributed by atoms with Gasteiger partial charge in [-0.25, -0.2) is 0 Å². The van der Waals surface area contributed by atoms with E-state index in [9.17, 15) is 9.59 Å². The first-order chi connectivity index (χ1) is 17.4. The molecule has 0 radical (unpaired) electrons. The molecule has 0 aromatic heterocycles. The van der Waals surface area contributed by atoms with Crippen molar-refractivity contribution in [3.8, 4) is 5.75 Å². The van der Waals surface area contributed by atoms with Gasteiger partial charge in [0.05, 0.1) is 0 Å². The molecule has 1 heterocycles. The van der Waals surface area contributed by atoms with Gasteiger partial charge in [-0.2, -0.15) is 0 Å². The number of nitrogens with zero attached hydrogens (tertiary/aromatic N) is 1. The Kier molecular flexibility index (Phi) is 8.55. The van der Waals surface area contributed by atoms with Gasteiger partial charge in [0.2, 0.25) is 5.91 Å². The molecule has 36 heavy (non-hydrogen) atoms. The number of benzene rings is 3. The lowest BCUT2D eigenvalue weighted by atomic mass is 9.89. The minimum absolute atomic E-state index is 0.0339. The van der Waals surface area contributed by atoms with E-state index in [2.05, 4.69) is 34.5 Å². The first-order valence-corrected chi connectivity index (χ1v) is 12.8. The predicted octanol–water partition coefficient (Wildman–Crippen LogP) is 6.48. The fraction of sp³-hybridized carbons (Fsp3) is 0.355. The third kappa shape index (κ3) is 6.82. The van der Waals surface area contributed by atoms with Crippen molar-refractivity contribution in [1.29, 1.82) is 0 Å². The van der Waals surface area contributed by atoms with Crippen LogP contribution in [0.2, 0.25) is 0 Å². The quantitative estimate of drug-likeness (QED) is 0.353. The van der Waals surface area contributed by atoms with E-state index in [0.29, 0.717) is 17.2 Å². The van der Waals surface area contributed by atoms with Crippen LogP contribution in [0.3, 0.4) is 0 Å². The molecule has 4 rings (SSSR count). The van der Waals surface area contributed by atoms with Crippen molar-refractivity contribution in [2.75, 3.05) is 25.0 Å². The number of carbonyl (C=O) groups excluding carboxylic acids is 2. The molecule has 1 aliphatic rings. The minimum atomic E-state index is -0.125. The van der Waals surface area contributed by atoms with Crippen LogP contribution in [0.25, 0.3) is 0 Å². The number of amides is 1. The van der Waals surface area contributed by atoms with Gasteiger partial charge in [0.25, 0.3) is 0 Å². The Morgan fingerprint density at radius 2 is 1.67 bits per heavy atom. The highest BCUT2D eigenvalue weighted by Gasteiger charge is 2.25. The Hall–Kier alpha value is -3.44. The molecule has 5 heteroatoms. The normalized spacial score (nSPS) is 15.4. The summed E-state index contributed by atoms with van der Waals surface area (Å²) in [6.07, 6.45) is 1.99. The van der Waals surface area contributed by atoms with Gasteiger partial charge in [0.1, 0.15) is 11.9 Å². The molecule has 0 bridgehead atoms. The van der Waals surface area contributed by atoms with Crippen molar-refractivity contribution in [2.24, 2.45) is 5.92 Å². The van der Waals surface area contributed by atoms with Crippen molar-refractivity contribution in [1.82, 2.24) is 4.90 Å². The summed E-state index contributed by atoms with van der Waals surface area (Å²) in [6, 6.07) is 26.0. The lowest BCUT2D eigenvalue weighted by molar-refractivity contribution is -0.118. The highest BCUT2D eigenvalue weighted by Crippen LogP contribution is 2.31. The van der Waals surface area contributed by atoms with E-state index in [1.54, 1.807) is 6.92 Å². The maximum Gasteiger partial charge on any atom is 0.226 e. The van der Waals surface area contributed by atoms with Crippen LogP contribution in [0.5, 0.6) is 5.75 Å². The zero-order valence-corrected chi connectivity index (χ0v) is 21.4. The van der Waals surface area contributed by atoms with Gasteiger partial charge < -0.3 is 10.1 Å². The minimum Gasteiger partial charge on any atom is -0.484 e. The number of likely N-dealkylation sites (tertiary alicyclic amines) is 1. The molecule has 0 spiro atoms. The van der Waals surface area contributed by atoms with E-state index in [1.807, 2.05) is 68.4 Å². The van der Waals surface area contributed by atoms with Gasteiger partial charge in [-0.1, -0.05) is 68.4 Å². The Morgan fingerprint density at radius 3 is 2.36 bits per heavy atom. The molecule has 1 amide bonds. The van der Waals surface area contributed by atoms with Crippen LogP contribution < -0.4 is 10.1 Å². The number of rotatable bonds is 9. The average molecular weight is 485 g/mol. The second-order valence-corrected chi connectivity index (χ2v) is 9.95. The molecule has 3 aromatic rings. The first kappa shape index (κ1) is 25.6. The van der Waals surface area contributed by atoms with E-state index < -0.39 is 0 Å². The molecule has 1 saturated heterocycles. The number of ketones is 1. The molecule has 0 unspecified atom stereocenters. The number of nitrogens with one attached hydrogen (secondary N) is 1. The Bertz CT molecular complexity index is 1170. The molecular weight excluding hydrogens is 448 g/mol. The van der Waals surface area contributed by atoms with Crippen molar-refractivity contribution in [3.05, 3.63) is 95.6 Å². The van der Waals surface area contributed by atoms with Crippen molar-refractivity contribution >= 4 is 17.4 Å². The van der Waals surface area contributed by atoms with Crippen LogP contribution in [0.4, 0.5) is 5.69 Å². The van der Waals surface area contributed by atoms with Crippen LogP contribution in [0.1, 0.15) is 67.1 Å². The van der Waals surface area contributed by atoms with Crippen LogP contribution >= 0.6 is 0 Å². The molecule has 1 atom stereocenters. The Labute approximate surface area is 214 Å². The number of hydrogen-bond donors (Lipinski definition) is 1. The van der Waals surface area contributed by atoms with Crippen LogP contribution in [-0.4, -0.2) is 36.2 Å². The van der Waals surface area contributed by atoms with Crippen LogP contribution in [0.15, 0.2) is 78.9 Å². The predicted molar refractivity (Wildman–Crippen MR) is 145 cm³/mol. The average Bonchev–Trinajstić information content (AvgIpc) is 2.89. The Balaban J connectivity index is 1.41. The summed E-state index contributed by atoms with van der Waals surface area (Å²) in [4.78, 5) is 26.4. The lowest BCUT2D eigenvalue weighted by Crippen LogP contribution is -2.37. The second kappa shape index (κ2) is 12.0. The summed E-state index contributed by atoms with van der Waals surface area (Å²) in [5, 5.41) is 3.02. The molecule has 1 fully saturated rings. The van der Waals surface area contributed by atoms with E-state index >= 15 is 0 Å². The maximum atomic E-state index is 12.1. The summed E-state index contributed by atoms with van der Waals surface area (Å²) < 4.78 is 6.44. The Morgan fingerprint density at radius 1 is 0.944 bits per heavy atom. The molecule has 3 aromatic carbocycles. The first-order valence-electron chi connectivity index (χ1n) is 12.8. The summed E-state index contributed by atoms with van der Waals surface area (Å²) in [5.41, 5.74) is 3.94. The molecule has 0 aliphatic carbocycles. The topological polar surface area (TPSA) is 58.6 Å². The van der Waals surface area contributed by atoms with Gasteiger partial charge in [0, 0.05) is 23.7 Å². The standard InChI is InChI=1S/C31H36N2O3/c1-22(2)31(35)32-28-13-7-12-27(19-28)24-15-17-33(18-16-24)21-30(25-9-5-4-6-10-25)36-29-14-8-11-26(20-29)23(3)34/h4-14,19-20,22,24,30H,15-18,21H2,1-3H3,(H,32,35)/t30-/m1/s1. The fourth-order valence-electron chi connectivity index (χ4n) is 4.67. The monoisotopic (exact) mass is 484 g/mol. The molecule has 1 N–H and O–H groups in total. The fourth-order valence-corrected chi connectivity index (χ4v) is 4.67. The smallest absolute Gasteiger partial charge is 0.226 e. The summed E-state index contributed by atoms with van der Waals surface area (Å²) >= 11 is 0. The van der Waals surface area contributed by atoms with Gasteiger partial charge in [-0.15, -0.1) is 0 Å². The largest absolute Gasteiger partial charge is 0.484 e. The van der Waals surface area contributed by atoms with E-state index in [1.165, 1.54) is 5.56 Å². The molecular formula is C31H36N2O3. The maximum absolute atomic E-state index is 12.1. The molecule has 0 saturated carbocycles. The highest BCUT2D eigenvalue weighted by molar-refractivity contribution is 5.94. The van der Waals surface area contributed by atoms with Gasteiger partial charge in [0.15, 0.2) is 5.78 Å². The zero-order valence-electron chi connectivity index (χ0n) is 21.4. The van der Waals surface area contributed by atoms with Crippen LogP contribution in [0, 0.1) is 5.92 Å². The zero-order chi connectivity index (χ0) is 25.5. The summed E-state index contributed by atoms with van der Waals surface area (Å²) in [6.45, 7) is 8.13. The number of hydrogen-bond acceptors (Lipinski definition) is 4. The van der Waals surface area contributed by atoms with Gasteiger partial charge in [-0.05, 0) is 74.2 Å². The second-order valence-electron chi connectivity index (χ2n) is 9.95. The number of carbonyl (C=O) groups is 2. The number of anilines is 1. The number of Topliss-reactive ketones (excluding diaryl/α,β-unsaturated/α-hetero) is 1. The molecule has 1 aliphatic heterocycles. The van der Waals surface area contributed by atoms with Crippen molar-refractivity contribution in [3.63, 3.8) is 0 Å². The van der Waals surface area contributed by atoms with E-state index in [4.69, 9.17) is 4.74 Å². The third-order valence-electron chi connectivity index (χ3n) is 6.85. The molecule has 5 nitrogen and oxygen atoms in total. The lowest BCUT2D eigenvalue weighted by Gasteiger charge is -2.34. The summed E-state index contributed by atoms with van der Waals surface area (Å²) in [5.74, 6) is 1.23. The van der Waals surface area contributed by atoms with Crippen molar-refractivity contribution < 1.29 is 14.3 Å². The van der Waals surface area contributed by atoms with Crippen LogP contribution in [-0.2, 0) is 4.79 Å². The van der Waals surface area contributed by atoms with Gasteiger partial charge >= 0.3 is 0 Å². The highest BCUT2D eigenvalue weighted by atomic mass is 16.5.